The van der Waals surface area contributed by atoms with E-state index in [9.17, 15) is 14.4 Å². The molecular formula is C29H26BrN7O7S. The van der Waals surface area contributed by atoms with Crippen molar-refractivity contribution in [2.75, 3.05) is 7.05 Å². The fraction of sp³-hybridized carbons (Fsp3) is 0.172. The van der Waals surface area contributed by atoms with Crippen molar-refractivity contribution in [3.63, 3.8) is 0 Å². The van der Waals surface area contributed by atoms with E-state index in [0.717, 1.165) is 15.2 Å². The molecular weight excluding hydrogens is 670 g/mol. The lowest BCUT2D eigenvalue weighted by molar-refractivity contribution is -0.134. The third-order valence-electron chi connectivity index (χ3n) is 5.88. The Morgan fingerprint density at radius 2 is 1.71 bits per heavy atom. The highest BCUT2D eigenvalue weighted by Gasteiger charge is 2.29. The molecule has 0 saturated carbocycles. The van der Waals surface area contributed by atoms with Gasteiger partial charge in [0.25, 0.3) is 11.8 Å². The first-order chi connectivity index (χ1) is 21.4. The Kier molecular flexibility index (Phi) is 10.7. The number of aromatic nitrogens is 5. The minimum atomic E-state index is -1.26. The standard InChI is InChI=1S/C25H22BrN7O3S.C4H4O4/c1-25(27,12-15-6-4-3-5-7-15)24-32-31-22(36-24)18-11-16(10-17(29-18)21-28-8-9-35-21)23(34)33(2)13-20-30-19(26)14-37-20;5-3(6)1-2-4(7)8/h3-11,14H,12-13,27H2,1-2H3;1-2H,(H,5,6)(H,7,8)/t25-;/m1./s1. The van der Waals surface area contributed by atoms with Crippen molar-refractivity contribution in [2.45, 2.75) is 25.4 Å². The molecule has 1 atom stereocenters. The maximum atomic E-state index is 13.4. The molecule has 4 heterocycles. The Hall–Kier alpha value is -5.06. The average molecular weight is 697 g/mol. The van der Waals surface area contributed by atoms with E-state index >= 15 is 0 Å². The van der Waals surface area contributed by atoms with Crippen molar-refractivity contribution in [3.8, 4) is 23.2 Å². The van der Waals surface area contributed by atoms with Gasteiger partial charge in [-0.1, -0.05) is 30.3 Å². The van der Waals surface area contributed by atoms with Crippen molar-refractivity contribution in [1.29, 1.82) is 0 Å². The number of thiazole rings is 1. The molecule has 232 valence electrons. The minimum Gasteiger partial charge on any atom is -0.478 e. The quantitative estimate of drug-likeness (QED) is 0.173. The smallest absolute Gasteiger partial charge is 0.328 e. The average Bonchev–Trinajstić information content (AvgIpc) is 3.79. The van der Waals surface area contributed by atoms with Crippen LogP contribution >= 0.6 is 27.3 Å². The summed E-state index contributed by atoms with van der Waals surface area (Å²) in [6.07, 6.45) is 4.56. The molecule has 5 aromatic rings. The summed E-state index contributed by atoms with van der Waals surface area (Å²) in [5, 5.41) is 26.7. The van der Waals surface area contributed by atoms with Gasteiger partial charge < -0.3 is 29.7 Å². The first kappa shape index (κ1) is 32.8. The van der Waals surface area contributed by atoms with Gasteiger partial charge in [-0.2, -0.15) is 0 Å². The number of halogens is 1. The van der Waals surface area contributed by atoms with E-state index in [4.69, 9.17) is 24.8 Å². The molecule has 5 rings (SSSR count). The number of carboxylic acids is 2. The molecule has 0 aliphatic carbocycles. The molecule has 4 aromatic heterocycles. The number of carboxylic acid groups (broad SMARTS) is 2. The van der Waals surface area contributed by atoms with Gasteiger partial charge in [0.05, 0.1) is 18.3 Å². The maximum Gasteiger partial charge on any atom is 0.328 e. The summed E-state index contributed by atoms with van der Waals surface area (Å²) in [4.78, 5) is 47.1. The van der Waals surface area contributed by atoms with Gasteiger partial charge in [0, 0.05) is 30.1 Å². The van der Waals surface area contributed by atoms with Crippen molar-refractivity contribution < 1.29 is 33.4 Å². The largest absolute Gasteiger partial charge is 0.478 e. The number of hydrogen-bond donors (Lipinski definition) is 3. The van der Waals surface area contributed by atoms with Crippen LogP contribution < -0.4 is 5.73 Å². The minimum absolute atomic E-state index is 0.133. The van der Waals surface area contributed by atoms with Crippen molar-refractivity contribution >= 4 is 45.1 Å². The molecule has 14 nitrogen and oxygen atoms in total. The lowest BCUT2D eigenvalue weighted by Crippen LogP contribution is -2.35. The number of nitrogens with two attached hydrogens (primary N) is 1. The van der Waals surface area contributed by atoms with Gasteiger partial charge in [0.2, 0.25) is 11.8 Å². The summed E-state index contributed by atoms with van der Waals surface area (Å²) in [7, 11) is 1.71. The first-order valence-corrected chi connectivity index (χ1v) is 14.7. The van der Waals surface area contributed by atoms with E-state index in [2.05, 4.69) is 41.1 Å². The number of nitrogens with zero attached hydrogens (tertiary/aromatic N) is 6. The van der Waals surface area contributed by atoms with E-state index in [0.29, 0.717) is 42.1 Å². The Balaban J connectivity index is 0.000000510. The summed E-state index contributed by atoms with van der Waals surface area (Å²) in [6.45, 7) is 2.17. The second-order valence-electron chi connectivity index (χ2n) is 9.69. The Bertz CT molecular complexity index is 1790. The van der Waals surface area contributed by atoms with Crippen LogP contribution in [-0.2, 0) is 28.1 Å². The monoisotopic (exact) mass is 695 g/mol. The normalized spacial score (nSPS) is 12.3. The zero-order valence-corrected chi connectivity index (χ0v) is 26.2. The molecule has 0 aliphatic heterocycles. The van der Waals surface area contributed by atoms with Crippen LogP contribution in [0.5, 0.6) is 0 Å². The molecule has 1 aromatic carbocycles. The van der Waals surface area contributed by atoms with E-state index < -0.39 is 17.5 Å². The van der Waals surface area contributed by atoms with Crippen LogP contribution in [0.25, 0.3) is 23.2 Å². The number of amides is 1. The fourth-order valence-electron chi connectivity index (χ4n) is 3.87. The van der Waals surface area contributed by atoms with Crippen LogP contribution in [0.15, 0.2) is 85.9 Å². The molecule has 0 radical (unpaired) electrons. The van der Waals surface area contributed by atoms with Gasteiger partial charge in [-0.25, -0.2) is 24.5 Å². The zero-order chi connectivity index (χ0) is 32.6. The fourth-order valence-corrected chi connectivity index (χ4v) is 5.19. The molecule has 1 amide bonds. The summed E-state index contributed by atoms with van der Waals surface area (Å²) < 4.78 is 12.1. The SMILES string of the molecule is CN(Cc1nc(Br)cs1)C(=O)c1cc(-c2ncco2)nc(-c2nnc([C@](C)(N)Cc3ccccc3)o2)c1.O=C(O)C=CC(=O)O. The lowest BCUT2D eigenvalue weighted by atomic mass is 9.94. The van der Waals surface area contributed by atoms with E-state index in [1.165, 1.54) is 23.8 Å². The number of hydrogen-bond acceptors (Lipinski definition) is 12. The highest BCUT2D eigenvalue weighted by molar-refractivity contribution is 9.10. The third kappa shape index (κ3) is 9.21. The summed E-state index contributed by atoms with van der Waals surface area (Å²) in [6, 6.07) is 13.0. The molecule has 0 aliphatic rings. The zero-order valence-electron chi connectivity index (χ0n) is 23.8. The maximum absolute atomic E-state index is 13.4. The van der Waals surface area contributed by atoms with Crippen LogP contribution in [0.2, 0.25) is 0 Å². The number of benzene rings is 1. The highest BCUT2D eigenvalue weighted by atomic mass is 79.9. The van der Waals surface area contributed by atoms with Crippen LogP contribution in [0.1, 0.15) is 33.7 Å². The van der Waals surface area contributed by atoms with E-state index in [1.54, 1.807) is 24.1 Å². The number of oxazole rings is 1. The lowest BCUT2D eigenvalue weighted by Gasteiger charge is -2.20. The van der Waals surface area contributed by atoms with Crippen LogP contribution in [-0.4, -0.2) is 65.2 Å². The van der Waals surface area contributed by atoms with Gasteiger partial charge in [0.1, 0.15) is 27.3 Å². The van der Waals surface area contributed by atoms with Crippen molar-refractivity contribution in [3.05, 3.63) is 99.1 Å². The number of aliphatic carboxylic acids is 2. The van der Waals surface area contributed by atoms with Gasteiger partial charge >= 0.3 is 11.9 Å². The predicted octanol–water partition coefficient (Wildman–Crippen LogP) is 4.41. The molecule has 0 fully saturated rings. The highest BCUT2D eigenvalue weighted by Crippen LogP contribution is 2.28. The van der Waals surface area contributed by atoms with Crippen LogP contribution in [0, 0.1) is 0 Å². The summed E-state index contributed by atoms with van der Waals surface area (Å²) in [5.41, 5.74) is 7.70. The summed E-state index contributed by atoms with van der Waals surface area (Å²) in [5.74, 6) is -2.10. The van der Waals surface area contributed by atoms with Crippen molar-refractivity contribution in [2.24, 2.45) is 5.73 Å². The Morgan fingerprint density at radius 3 is 2.29 bits per heavy atom. The number of carbonyl (C=O) groups is 3. The first-order valence-electron chi connectivity index (χ1n) is 13.0. The number of rotatable bonds is 10. The van der Waals surface area contributed by atoms with E-state index in [1.807, 2.05) is 42.6 Å². The number of carbonyl (C=O) groups excluding carboxylic acids is 1. The van der Waals surface area contributed by atoms with Crippen LogP contribution in [0.3, 0.4) is 0 Å². The van der Waals surface area contributed by atoms with Gasteiger partial charge in [0.15, 0.2) is 0 Å². The van der Waals surface area contributed by atoms with Gasteiger partial charge in [-0.3, -0.25) is 4.79 Å². The molecule has 0 unspecified atom stereocenters. The van der Waals surface area contributed by atoms with E-state index in [-0.39, 0.29) is 23.6 Å². The summed E-state index contributed by atoms with van der Waals surface area (Å²) >= 11 is 4.81. The third-order valence-corrected chi connectivity index (χ3v) is 7.42. The molecule has 0 spiro atoms. The Morgan fingerprint density at radius 1 is 1.04 bits per heavy atom. The Labute approximate surface area is 268 Å². The van der Waals surface area contributed by atoms with Crippen molar-refractivity contribution in [1.82, 2.24) is 30.0 Å². The van der Waals surface area contributed by atoms with Gasteiger partial charge in [-0.15, -0.1) is 21.5 Å². The molecule has 45 heavy (non-hydrogen) atoms. The van der Waals surface area contributed by atoms with Gasteiger partial charge in [-0.05, 0) is 47.0 Å². The molecule has 4 N–H and O–H groups in total. The second kappa shape index (κ2) is 14.6. The molecule has 0 saturated heterocycles. The number of pyridine rings is 1. The molecule has 0 bridgehead atoms. The van der Waals surface area contributed by atoms with Crippen LogP contribution in [0.4, 0.5) is 0 Å². The topological polar surface area (TPSA) is 212 Å². The predicted molar refractivity (Wildman–Crippen MR) is 165 cm³/mol. The molecule has 16 heteroatoms. The second-order valence-corrected chi connectivity index (χ2v) is 11.4.